The van der Waals surface area contributed by atoms with E-state index in [-0.39, 0.29) is 0 Å². The summed E-state index contributed by atoms with van der Waals surface area (Å²) in [6.07, 6.45) is 9.17. The minimum absolute atomic E-state index is 0.599. The zero-order valence-corrected chi connectivity index (χ0v) is 11.2. The summed E-state index contributed by atoms with van der Waals surface area (Å²) in [4.78, 5) is 2.34. The molecule has 1 heterocycles. The van der Waals surface area contributed by atoms with Gasteiger partial charge in [0.1, 0.15) is 0 Å². The van der Waals surface area contributed by atoms with Crippen molar-refractivity contribution in [1.29, 1.82) is 0 Å². The molecule has 2 fully saturated rings. The predicted octanol–water partition coefficient (Wildman–Crippen LogP) is 3.04. The Bertz CT molecular complexity index is 440. The van der Waals surface area contributed by atoms with Crippen molar-refractivity contribution in [3.8, 4) is 0 Å². The summed E-state index contributed by atoms with van der Waals surface area (Å²) < 4.78 is 2.99. The molecular formula is C12H20N4S. The van der Waals surface area contributed by atoms with Crippen molar-refractivity contribution in [3.05, 3.63) is 4.77 Å². The second-order valence-corrected chi connectivity index (χ2v) is 5.72. The maximum atomic E-state index is 5.33. The molecule has 1 aromatic heterocycles. The van der Waals surface area contributed by atoms with Crippen molar-refractivity contribution >= 4 is 18.2 Å². The van der Waals surface area contributed by atoms with Crippen LogP contribution in [0.15, 0.2) is 0 Å². The fourth-order valence-electron chi connectivity index (χ4n) is 2.84. The molecular weight excluding hydrogens is 232 g/mol. The van der Waals surface area contributed by atoms with Gasteiger partial charge in [0.2, 0.25) is 5.95 Å². The molecule has 0 radical (unpaired) electrons. The van der Waals surface area contributed by atoms with Gasteiger partial charge in [-0.1, -0.05) is 19.3 Å². The van der Waals surface area contributed by atoms with Crippen LogP contribution >= 0.6 is 12.2 Å². The first-order valence-electron chi connectivity index (χ1n) is 6.67. The van der Waals surface area contributed by atoms with Gasteiger partial charge < -0.3 is 4.90 Å². The number of aromatic amines is 1. The number of nitrogens with one attached hydrogen (secondary N) is 1. The molecule has 0 atom stereocenters. The molecule has 1 N–H and O–H groups in total. The highest BCUT2D eigenvalue weighted by atomic mass is 32.1. The van der Waals surface area contributed by atoms with Crippen molar-refractivity contribution in [2.24, 2.45) is 0 Å². The van der Waals surface area contributed by atoms with Gasteiger partial charge in [0.25, 0.3) is 0 Å². The lowest BCUT2D eigenvalue weighted by molar-refractivity contribution is 0.420. The topological polar surface area (TPSA) is 36.9 Å². The Balaban J connectivity index is 1.84. The second-order valence-electron chi connectivity index (χ2n) is 5.33. The van der Waals surface area contributed by atoms with E-state index in [1.54, 1.807) is 0 Å². The van der Waals surface area contributed by atoms with E-state index in [4.69, 9.17) is 12.2 Å². The first kappa shape index (κ1) is 11.3. The third-order valence-corrected chi connectivity index (χ3v) is 4.32. The monoisotopic (exact) mass is 252 g/mol. The number of hydrogen-bond acceptors (Lipinski definition) is 3. The van der Waals surface area contributed by atoms with E-state index in [0.29, 0.717) is 12.1 Å². The Labute approximate surface area is 107 Å². The Morgan fingerprint density at radius 3 is 2.59 bits per heavy atom. The third kappa shape index (κ3) is 2.12. The lowest BCUT2D eigenvalue weighted by Gasteiger charge is -2.31. The first-order valence-corrected chi connectivity index (χ1v) is 7.08. The Hall–Kier alpha value is -0.840. The number of anilines is 1. The predicted molar refractivity (Wildman–Crippen MR) is 71.0 cm³/mol. The number of H-pyrrole nitrogens is 1. The highest BCUT2D eigenvalue weighted by Crippen LogP contribution is 2.38. The van der Waals surface area contributed by atoms with Gasteiger partial charge >= 0.3 is 0 Å². The standard InChI is InChI=1S/C12H20N4S/c1-15(9-5-3-2-4-6-9)11-13-14-12(17)16(11)10-7-8-10/h9-10H,2-8H2,1H3,(H,14,17). The van der Waals surface area contributed by atoms with Gasteiger partial charge in [0.15, 0.2) is 4.77 Å². The summed E-state index contributed by atoms with van der Waals surface area (Å²) in [5.41, 5.74) is 0. The van der Waals surface area contributed by atoms with Crippen LogP contribution in [0.5, 0.6) is 0 Å². The molecule has 17 heavy (non-hydrogen) atoms. The highest BCUT2D eigenvalue weighted by molar-refractivity contribution is 7.71. The van der Waals surface area contributed by atoms with E-state index < -0.39 is 0 Å². The zero-order valence-electron chi connectivity index (χ0n) is 10.4. The lowest BCUT2D eigenvalue weighted by atomic mass is 9.95. The maximum Gasteiger partial charge on any atom is 0.225 e. The van der Waals surface area contributed by atoms with Crippen LogP contribution in [0.1, 0.15) is 51.0 Å². The van der Waals surface area contributed by atoms with Gasteiger partial charge in [0.05, 0.1) is 0 Å². The van der Waals surface area contributed by atoms with Crippen molar-refractivity contribution in [2.75, 3.05) is 11.9 Å². The molecule has 0 amide bonds. The van der Waals surface area contributed by atoms with E-state index >= 15 is 0 Å². The molecule has 0 spiro atoms. The molecule has 4 nitrogen and oxygen atoms in total. The van der Waals surface area contributed by atoms with Gasteiger partial charge in [-0.25, -0.2) is 5.10 Å². The van der Waals surface area contributed by atoms with E-state index in [1.165, 1.54) is 44.9 Å². The molecule has 3 rings (SSSR count). The molecule has 2 aliphatic rings. The van der Waals surface area contributed by atoms with E-state index in [1.807, 2.05) is 0 Å². The molecule has 94 valence electrons. The summed E-state index contributed by atoms with van der Waals surface area (Å²) in [5.74, 6) is 1.05. The highest BCUT2D eigenvalue weighted by Gasteiger charge is 2.30. The van der Waals surface area contributed by atoms with Crippen LogP contribution in [-0.4, -0.2) is 27.9 Å². The van der Waals surface area contributed by atoms with E-state index in [9.17, 15) is 0 Å². The average Bonchev–Trinajstić information content (AvgIpc) is 3.13. The molecule has 0 bridgehead atoms. The quantitative estimate of drug-likeness (QED) is 0.840. The number of aromatic nitrogens is 3. The Morgan fingerprint density at radius 1 is 1.24 bits per heavy atom. The lowest BCUT2D eigenvalue weighted by Crippen LogP contribution is -2.35. The number of hydrogen-bond donors (Lipinski definition) is 1. The number of rotatable bonds is 3. The maximum absolute atomic E-state index is 5.33. The minimum Gasteiger partial charge on any atom is -0.341 e. The molecule has 5 heteroatoms. The fourth-order valence-corrected chi connectivity index (χ4v) is 3.12. The van der Waals surface area contributed by atoms with E-state index in [2.05, 4.69) is 26.7 Å². The van der Waals surface area contributed by atoms with Gasteiger partial charge in [-0.3, -0.25) is 4.57 Å². The summed E-state index contributed by atoms with van der Waals surface area (Å²) in [5, 5.41) is 7.38. The molecule has 2 aliphatic carbocycles. The third-order valence-electron chi connectivity index (χ3n) is 4.04. The summed E-state index contributed by atoms with van der Waals surface area (Å²) in [6, 6.07) is 1.24. The van der Waals surface area contributed by atoms with Gasteiger partial charge in [-0.05, 0) is 37.9 Å². The van der Waals surface area contributed by atoms with Crippen LogP contribution in [-0.2, 0) is 0 Å². The van der Waals surface area contributed by atoms with Crippen molar-refractivity contribution in [2.45, 2.75) is 57.0 Å². The molecule has 2 saturated carbocycles. The van der Waals surface area contributed by atoms with Crippen molar-refractivity contribution < 1.29 is 0 Å². The normalized spacial score (nSPS) is 21.7. The van der Waals surface area contributed by atoms with Crippen LogP contribution in [0.2, 0.25) is 0 Å². The molecule has 0 aromatic carbocycles. The Morgan fingerprint density at radius 2 is 1.94 bits per heavy atom. The largest absolute Gasteiger partial charge is 0.341 e. The summed E-state index contributed by atoms with van der Waals surface area (Å²) in [7, 11) is 2.17. The SMILES string of the molecule is CN(c1n[nH]c(=S)n1C1CC1)C1CCCCC1. The minimum atomic E-state index is 0.599. The first-order chi connectivity index (χ1) is 8.27. The smallest absolute Gasteiger partial charge is 0.225 e. The number of nitrogens with zero attached hydrogens (tertiary/aromatic N) is 3. The van der Waals surface area contributed by atoms with Gasteiger partial charge in [-0.2, -0.15) is 0 Å². The fraction of sp³-hybridized carbons (Fsp3) is 0.833. The van der Waals surface area contributed by atoms with Crippen molar-refractivity contribution in [1.82, 2.24) is 14.8 Å². The van der Waals surface area contributed by atoms with E-state index in [0.717, 1.165) is 10.7 Å². The van der Waals surface area contributed by atoms with Gasteiger partial charge in [0, 0.05) is 19.1 Å². The molecule has 0 unspecified atom stereocenters. The second kappa shape index (κ2) is 4.44. The van der Waals surface area contributed by atoms with Crippen molar-refractivity contribution in [3.63, 3.8) is 0 Å². The summed E-state index contributed by atoms with van der Waals surface area (Å²) >= 11 is 5.33. The van der Waals surface area contributed by atoms with Crippen LogP contribution in [0.4, 0.5) is 5.95 Å². The van der Waals surface area contributed by atoms with Crippen LogP contribution in [0.3, 0.4) is 0 Å². The van der Waals surface area contributed by atoms with Gasteiger partial charge in [-0.15, -0.1) is 5.10 Å². The summed E-state index contributed by atoms with van der Waals surface area (Å²) in [6.45, 7) is 0. The average molecular weight is 252 g/mol. The molecule has 1 aromatic rings. The molecule has 0 aliphatic heterocycles. The zero-order chi connectivity index (χ0) is 11.8. The molecule has 0 saturated heterocycles. The van der Waals surface area contributed by atoms with Crippen LogP contribution in [0.25, 0.3) is 0 Å². The van der Waals surface area contributed by atoms with Crippen LogP contribution in [0, 0.1) is 4.77 Å². The Kier molecular flexibility index (Phi) is 2.94. The van der Waals surface area contributed by atoms with Crippen LogP contribution < -0.4 is 4.90 Å².